The molecule has 70 valence electrons. The molecule has 3 nitrogen and oxygen atoms in total. The Kier molecular flexibility index (Phi) is 2.37. The summed E-state index contributed by atoms with van der Waals surface area (Å²) in [5.74, 6) is 0.219. The highest BCUT2D eigenvalue weighted by molar-refractivity contribution is 7.80. The van der Waals surface area contributed by atoms with Crippen LogP contribution >= 0.6 is 12.6 Å². The molecular formula is C10H7NO2S. The predicted octanol–water partition coefficient (Wildman–Crippen LogP) is 2.44. The van der Waals surface area contributed by atoms with Crippen LogP contribution in [0.1, 0.15) is 10.6 Å². The third-order valence-corrected chi connectivity index (χ3v) is 2.21. The van der Waals surface area contributed by atoms with Gasteiger partial charge in [-0.1, -0.05) is 23.4 Å². The van der Waals surface area contributed by atoms with E-state index in [9.17, 15) is 4.79 Å². The number of hydrogen-bond acceptors (Lipinski definition) is 4. The molecule has 0 atom stereocenters. The third kappa shape index (κ3) is 1.56. The highest BCUT2D eigenvalue weighted by Gasteiger charge is 2.07. The summed E-state index contributed by atoms with van der Waals surface area (Å²) >= 11 is 4.28. The average Bonchev–Trinajstić information content (AvgIpc) is 2.67. The molecule has 1 aromatic heterocycles. The number of aromatic nitrogens is 1. The molecule has 1 heterocycles. The number of aldehydes is 1. The van der Waals surface area contributed by atoms with Crippen LogP contribution < -0.4 is 0 Å². The monoisotopic (exact) mass is 205 g/mol. The van der Waals surface area contributed by atoms with Crippen LogP contribution in [0.3, 0.4) is 0 Å². The molecule has 0 amide bonds. The fraction of sp³-hybridized carbons (Fsp3) is 0. The minimum Gasteiger partial charge on any atom is -0.353 e. The molecule has 0 radical (unpaired) electrons. The molecule has 0 aliphatic rings. The number of carbonyl (C=O) groups is 1. The van der Waals surface area contributed by atoms with Crippen molar-refractivity contribution in [1.29, 1.82) is 0 Å². The molecular weight excluding hydrogens is 198 g/mol. The van der Waals surface area contributed by atoms with Gasteiger partial charge in [-0.2, -0.15) is 0 Å². The Morgan fingerprint density at radius 3 is 2.79 bits per heavy atom. The topological polar surface area (TPSA) is 43.1 Å². The molecule has 1 aromatic carbocycles. The Balaban J connectivity index is 2.49. The van der Waals surface area contributed by atoms with Crippen LogP contribution in [0, 0.1) is 0 Å². The van der Waals surface area contributed by atoms with Gasteiger partial charge in [0.15, 0.2) is 12.0 Å². The molecule has 0 spiro atoms. The van der Waals surface area contributed by atoms with E-state index in [1.807, 2.05) is 24.3 Å². The molecule has 0 aliphatic carbocycles. The first kappa shape index (κ1) is 9.02. The summed E-state index contributed by atoms with van der Waals surface area (Å²) in [4.78, 5) is 11.2. The molecule has 0 saturated carbocycles. The van der Waals surface area contributed by atoms with Crippen LogP contribution in [-0.4, -0.2) is 11.4 Å². The lowest BCUT2D eigenvalue weighted by Crippen LogP contribution is -1.78. The maximum atomic E-state index is 10.4. The van der Waals surface area contributed by atoms with Crippen LogP contribution in [-0.2, 0) is 0 Å². The van der Waals surface area contributed by atoms with E-state index < -0.39 is 0 Å². The maximum Gasteiger partial charge on any atom is 0.199 e. The van der Waals surface area contributed by atoms with Gasteiger partial charge in [0.2, 0.25) is 0 Å². The zero-order valence-corrected chi connectivity index (χ0v) is 8.07. The molecule has 0 bridgehead atoms. The van der Waals surface area contributed by atoms with Crippen LogP contribution in [0.2, 0.25) is 0 Å². The van der Waals surface area contributed by atoms with Crippen molar-refractivity contribution in [3.8, 4) is 11.3 Å². The highest BCUT2D eigenvalue weighted by Crippen LogP contribution is 2.25. The third-order valence-electron chi connectivity index (χ3n) is 1.82. The number of benzene rings is 1. The molecule has 0 N–H and O–H groups in total. The molecule has 4 heteroatoms. The summed E-state index contributed by atoms with van der Waals surface area (Å²) in [5, 5.41) is 3.76. The van der Waals surface area contributed by atoms with E-state index in [-0.39, 0.29) is 5.76 Å². The van der Waals surface area contributed by atoms with E-state index in [0.717, 1.165) is 10.5 Å². The maximum absolute atomic E-state index is 10.4. The van der Waals surface area contributed by atoms with Gasteiger partial charge < -0.3 is 4.52 Å². The second-order valence-electron chi connectivity index (χ2n) is 2.75. The Morgan fingerprint density at radius 2 is 2.14 bits per heavy atom. The van der Waals surface area contributed by atoms with Gasteiger partial charge in [-0.25, -0.2) is 0 Å². The van der Waals surface area contributed by atoms with E-state index in [2.05, 4.69) is 17.8 Å². The van der Waals surface area contributed by atoms with Crippen molar-refractivity contribution in [1.82, 2.24) is 5.16 Å². The van der Waals surface area contributed by atoms with Gasteiger partial charge in [0.05, 0.1) is 0 Å². The summed E-state index contributed by atoms with van der Waals surface area (Å²) in [7, 11) is 0. The predicted molar refractivity (Wildman–Crippen MR) is 54.6 cm³/mol. The standard InChI is InChI=1S/C10H7NO2S/c12-6-7-5-9(11-13-7)8-3-1-2-4-10(8)14/h1-6,14H. The van der Waals surface area contributed by atoms with Gasteiger partial charge in [-0.05, 0) is 6.07 Å². The second kappa shape index (κ2) is 3.67. The second-order valence-corrected chi connectivity index (χ2v) is 3.23. The minimum atomic E-state index is 0.219. The van der Waals surface area contributed by atoms with Gasteiger partial charge in [0, 0.05) is 16.5 Å². The first-order chi connectivity index (χ1) is 6.81. The van der Waals surface area contributed by atoms with E-state index in [1.165, 1.54) is 0 Å². The smallest absolute Gasteiger partial charge is 0.199 e. The van der Waals surface area contributed by atoms with Crippen molar-refractivity contribution >= 4 is 18.9 Å². The van der Waals surface area contributed by atoms with E-state index >= 15 is 0 Å². The van der Waals surface area contributed by atoms with Crippen LogP contribution in [0.4, 0.5) is 0 Å². The number of thiol groups is 1. The number of carbonyl (C=O) groups excluding carboxylic acids is 1. The zero-order chi connectivity index (χ0) is 9.97. The number of hydrogen-bond donors (Lipinski definition) is 1. The Bertz CT molecular complexity index is 465. The summed E-state index contributed by atoms with van der Waals surface area (Å²) < 4.78 is 4.77. The molecule has 2 aromatic rings. The minimum absolute atomic E-state index is 0.219. The van der Waals surface area contributed by atoms with Gasteiger partial charge >= 0.3 is 0 Å². The van der Waals surface area contributed by atoms with E-state index in [1.54, 1.807) is 6.07 Å². The number of nitrogens with zero attached hydrogens (tertiary/aromatic N) is 1. The van der Waals surface area contributed by atoms with E-state index in [0.29, 0.717) is 12.0 Å². The lowest BCUT2D eigenvalue weighted by atomic mass is 10.1. The quantitative estimate of drug-likeness (QED) is 0.605. The Hall–Kier alpha value is -1.55. The molecule has 0 saturated heterocycles. The van der Waals surface area contributed by atoms with Crippen LogP contribution in [0.15, 0.2) is 39.8 Å². The normalized spacial score (nSPS) is 10.1. The summed E-state index contributed by atoms with van der Waals surface area (Å²) in [6.45, 7) is 0. The van der Waals surface area contributed by atoms with Crippen molar-refractivity contribution in [2.75, 3.05) is 0 Å². The van der Waals surface area contributed by atoms with Gasteiger partial charge in [0.1, 0.15) is 5.69 Å². The first-order valence-electron chi connectivity index (χ1n) is 4.01. The molecule has 14 heavy (non-hydrogen) atoms. The molecule has 0 aliphatic heterocycles. The molecule has 2 rings (SSSR count). The fourth-order valence-corrected chi connectivity index (χ4v) is 1.44. The molecule has 0 fully saturated rings. The first-order valence-corrected chi connectivity index (χ1v) is 4.46. The van der Waals surface area contributed by atoms with E-state index in [4.69, 9.17) is 4.52 Å². The average molecular weight is 205 g/mol. The largest absolute Gasteiger partial charge is 0.353 e. The van der Waals surface area contributed by atoms with Crippen molar-refractivity contribution in [3.05, 3.63) is 36.1 Å². The van der Waals surface area contributed by atoms with Gasteiger partial charge in [-0.3, -0.25) is 4.79 Å². The number of rotatable bonds is 2. The van der Waals surface area contributed by atoms with Crippen molar-refractivity contribution < 1.29 is 9.32 Å². The van der Waals surface area contributed by atoms with Gasteiger partial charge in [0.25, 0.3) is 0 Å². The molecule has 0 unspecified atom stereocenters. The summed E-state index contributed by atoms with van der Waals surface area (Å²) in [6, 6.07) is 9.07. The highest BCUT2D eigenvalue weighted by atomic mass is 32.1. The van der Waals surface area contributed by atoms with Gasteiger partial charge in [-0.15, -0.1) is 12.6 Å². The van der Waals surface area contributed by atoms with Crippen molar-refractivity contribution in [3.63, 3.8) is 0 Å². The lowest BCUT2D eigenvalue weighted by Gasteiger charge is -1.97. The van der Waals surface area contributed by atoms with Crippen LogP contribution in [0.5, 0.6) is 0 Å². The summed E-state index contributed by atoms with van der Waals surface area (Å²) in [6.07, 6.45) is 0.623. The van der Waals surface area contributed by atoms with Crippen molar-refractivity contribution in [2.45, 2.75) is 4.90 Å². The van der Waals surface area contributed by atoms with Crippen molar-refractivity contribution in [2.24, 2.45) is 0 Å². The van der Waals surface area contributed by atoms with Crippen LogP contribution in [0.25, 0.3) is 11.3 Å². The Labute approximate surface area is 86.1 Å². The summed E-state index contributed by atoms with van der Waals surface area (Å²) in [5.41, 5.74) is 1.48. The Morgan fingerprint density at radius 1 is 1.36 bits per heavy atom. The lowest BCUT2D eigenvalue weighted by molar-refractivity contribution is 0.109. The zero-order valence-electron chi connectivity index (χ0n) is 7.18. The SMILES string of the molecule is O=Cc1cc(-c2ccccc2S)no1. The fourth-order valence-electron chi connectivity index (χ4n) is 1.16.